The molecule has 1 aliphatic carbocycles. The monoisotopic (exact) mass is 257 g/mol. The summed E-state index contributed by atoms with van der Waals surface area (Å²) in [4.78, 5) is 34.0. The number of nitrogens with zero attached hydrogens (tertiary/aromatic N) is 1. The van der Waals surface area contributed by atoms with Crippen LogP contribution < -0.4 is 0 Å². The Kier molecular flexibility index (Phi) is 5.61. The van der Waals surface area contributed by atoms with Gasteiger partial charge in [0.2, 0.25) is 5.91 Å². The molecular weight excluding hydrogens is 238 g/mol. The van der Waals surface area contributed by atoms with Crippen LogP contribution in [-0.4, -0.2) is 46.0 Å². The Hall–Kier alpha value is -1.59. The van der Waals surface area contributed by atoms with Gasteiger partial charge in [-0.25, -0.2) is 0 Å². The van der Waals surface area contributed by atoms with Crippen LogP contribution in [0.15, 0.2) is 0 Å². The molecule has 1 saturated carbocycles. The van der Waals surface area contributed by atoms with Gasteiger partial charge in [0, 0.05) is 6.42 Å². The van der Waals surface area contributed by atoms with Crippen LogP contribution in [0.5, 0.6) is 0 Å². The topological polar surface area (TPSA) is 94.9 Å². The lowest BCUT2D eigenvalue weighted by atomic mass is 9.86. The Balaban J connectivity index is 2.51. The van der Waals surface area contributed by atoms with Crippen LogP contribution in [0.3, 0.4) is 0 Å². The van der Waals surface area contributed by atoms with E-state index in [0.717, 1.165) is 30.6 Å². The minimum absolute atomic E-state index is 0.264. The van der Waals surface area contributed by atoms with Gasteiger partial charge in [-0.1, -0.05) is 19.3 Å². The second kappa shape index (κ2) is 6.98. The van der Waals surface area contributed by atoms with Gasteiger partial charge in [0.25, 0.3) is 0 Å². The Labute approximate surface area is 106 Å². The first kappa shape index (κ1) is 14.5. The van der Waals surface area contributed by atoms with Crippen molar-refractivity contribution in [3.8, 4) is 0 Å². The zero-order chi connectivity index (χ0) is 13.5. The van der Waals surface area contributed by atoms with Gasteiger partial charge in [-0.05, 0) is 18.8 Å². The third-order valence-corrected chi connectivity index (χ3v) is 3.19. The fourth-order valence-corrected chi connectivity index (χ4v) is 2.33. The van der Waals surface area contributed by atoms with E-state index in [0.29, 0.717) is 0 Å². The maximum atomic E-state index is 11.9. The van der Waals surface area contributed by atoms with Crippen molar-refractivity contribution in [1.29, 1.82) is 0 Å². The molecule has 0 bridgehead atoms. The van der Waals surface area contributed by atoms with Crippen molar-refractivity contribution in [2.75, 3.05) is 13.1 Å². The van der Waals surface area contributed by atoms with E-state index in [2.05, 4.69) is 0 Å². The molecule has 2 N–H and O–H groups in total. The van der Waals surface area contributed by atoms with E-state index in [9.17, 15) is 14.4 Å². The number of amides is 1. The lowest BCUT2D eigenvalue weighted by Crippen LogP contribution is -2.40. The quantitative estimate of drug-likeness (QED) is 0.738. The standard InChI is InChI=1S/C12H19NO5/c14-10(6-9-4-2-1-3-5-9)13(7-11(15)16)8-12(17)18/h9H,1-8H2,(H,15,16)(H,17,18). The number of carbonyl (C=O) groups is 3. The molecule has 0 atom stereocenters. The first-order valence-corrected chi connectivity index (χ1v) is 6.20. The zero-order valence-electron chi connectivity index (χ0n) is 10.3. The van der Waals surface area contributed by atoms with Crippen molar-refractivity contribution in [1.82, 2.24) is 4.90 Å². The summed E-state index contributed by atoms with van der Waals surface area (Å²) in [5, 5.41) is 17.3. The van der Waals surface area contributed by atoms with Crippen molar-refractivity contribution < 1.29 is 24.6 Å². The summed E-state index contributed by atoms with van der Waals surface area (Å²) in [6.07, 6.45) is 5.57. The minimum Gasteiger partial charge on any atom is -0.480 e. The van der Waals surface area contributed by atoms with E-state index >= 15 is 0 Å². The molecule has 0 aromatic carbocycles. The zero-order valence-corrected chi connectivity index (χ0v) is 10.3. The van der Waals surface area contributed by atoms with E-state index in [-0.39, 0.29) is 18.2 Å². The number of carbonyl (C=O) groups excluding carboxylic acids is 1. The molecule has 0 saturated heterocycles. The summed E-state index contributed by atoms with van der Waals surface area (Å²) in [6, 6.07) is 0. The fraction of sp³-hybridized carbons (Fsp3) is 0.750. The highest BCUT2D eigenvalue weighted by molar-refractivity contribution is 5.85. The summed E-state index contributed by atoms with van der Waals surface area (Å²) >= 11 is 0. The molecule has 18 heavy (non-hydrogen) atoms. The van der Waals surface area contributed by atoms with Gasteiger partial charge in [0.05, 0.1) is 0 Å². The number of carboxylic acids is 2. The largest absolute Gasteiger partial charge is 0.480 e. The molecule has 0 radical (unpaired) electrons. The summed E-state index contributed by atoms with van der Waals surface area (Å²) in [5.41, 5.74) is 0. The molecule has 0 aromatic heterocycles. The van der Waals surface area contributed by atoms with E-state index in [4.69, 9.17) is 10.2 Å². The molecule has 6 nitrogen and oxygen atoms in total. The van der Waals surface area contributed by atoms with Crippen LogP contribution in [-0.2, 0) is 14.4 Å². The first-order chi connectivity index (χ1) is 8.49. The average Bonchev–Trinajstić information content (AvgIpc) is 2.28. The van der Waals surface area contributed by atoms with Crippen LogP contribution in [0.4, 0.5) is 0 Å². The molecule has 0 spiro atoms. The highest BCUT2D eigenvalue weighted by atomic mass is 16.4. The molecule has 0 aliphatic heterocycles. The van der Waals surface area contributed by atoms with Crippen LogP contribution in [0.25, 0.3) is 0 Å². The predicted octanol–water partition coefficient (Wildman–Crippen LogP) is 0.955. The summed E-state index contributed by atoms with van der Waals surface area (Å²) < 4.78 is 0. The highest BCUT2D eigenvalue weighted by Crippen LogP contribution is 2.26. The van der Waals surface area contributed by atoms with E-state index in [1.807, 2.05) is 0 Å². The van der Waals surface area contributed by atoms with Gasteiger partial charge in [-0.3, -0.25) is 14.4 Å². The molecule has 1 aliphatic rings. The lowest BCUT2D eigenvalue weighted by Gasteiger charge is -2.24. The number of carboxylic acid groups (broad SMARTS) is 2. The molecule has 1 fully saturated rings. The fourth-order valence-electron chi connectivity index (χ4n) is 2.33. The highest BCUT2D eigenvalue weighted by Gasteiger charge is 2.23. The molecule has 1 amide bonds. The maximum absolute atomic E-state index is 11.9. The van der Waals surface area contributed by atoms with Crippen LogP contribution in [0, 0.1) is 5.92 Å². The van der Waals surface area contributed by atoms with Crippen molar-refractivity contribution in [2.24, 2.45) is 5.92 Å². The molecular formula is C12H19NO5. The van der Waals surface area contributed by atoms with Gasteiger partial charge in [-0.15, -0.1) is 0 Å². The SMILES string of the molecule is O=C(O)CN(CC(=O)O)C(=O)CC1CCCCC1. The van der Waals surface area contributed by atoms with Crippen molar-refractivity contribution in [2.45, 2.75) is 38.5 Å². The van der Waals surface area contributed by atoms with Crippen molar-refractivity contribution in [3.05, 3.63) is 0 Å². The normalized spacial score (nSPS) is 16.2. The van der Waals surface area contributed by atoms with Gasteiger partial charge >= 0.3 is 11.9 Å². The van der Waals surface area contributed by atoms with Gasteiger partial charge in [0.15, 0.2) is 0 Å². The summed E-state index contributed by atoms with van der Waals surface area (Å²) in [6.45, 7) is -1.09. The maximum Gasteiger partial charge on any atom is 0.323 e. The second-order valence-corrected chi connectivity index (χ2v) is 4.75. The van der Waals surface area contributed by atoms with Gasteiger partial charge < -0.3 is 15.1 Å². The van der Waals surface area contributed by atoms with E-state index < -0.39 is 25.0 Å². The number of hydrogen-bond donors (Lipinski definition) is 2. The van der Waals surface area contributed by atoms with E-state index in [1.54, 1.807) is 0 Å². The predicted molar refractivity (Wildman–Crippen MR) is 63.0 cm³/mol. The Morgan fingerprint density at radius 1 is 0.944 bits per heavy atom. The minimum atomic E-state index is -1.19. The number of aliphatic carboxylic acids is 2. The number of rotatable bonds is 6. The summed E-state index contributed by atoms with van der Waals surface area (Å²) in [5.74, 6) is -2.47. The van der Waals surface area contributed by atoms with Crippen molar-refractivity contribution in [3.63, 3.8) is 0 Å². The van der Waals surface area contributed by atoms with Gasteiger partial charge in [-0.2, -0.15) is 0 Å². The smallest absolute Gasteiger partial charge is 0.323 e. The Morgan fingerprint density at radius 2 is 1.44 bits per heavy atom. The van der Waals surface area contributed by atoms with Crippen molar-refractivity contribution >= 4 is 17.8 Å². The molecule has 102 valence electrons. The van der Waals surface area contributed by atoms with Crippen LogP contribution in [0.1, 0.15) is 38.5 Å². The molecule has 0 aromatic rings. The molecule has 6 heteroatoms. The average molecular weight is 257 g/mol. The number of hydrogen-bond acceptors (Lipinski definition) is 3. The summed E-state index contributed by atoms with van der Waals surface area (Å²) in [7, 11) is 0. The Bertz CT molecular complexity index is 306. The van der Waals surface area contributed by atoms with E-state index in [1.165, 1.54) is 6.42 Å². The third kappa shape index (κ3) is 5.16. The Morgan fingerprint density at radius 3 is 1.89 bits per heavy atom. The molecule has 0 unspecified atom stereocenters. The molecule has 0 heterocycles. The first-order valence-electron chi connectivity index (χ1n) is 6.20. The third-order valence-electron chi connectivity index (χ3n) is 3.19. The van der Waals surface area contributed by atoms with Gasteiger partial charge in [0.1, 0.15) is 13.1 Å². The van der Waals surface area contributed by atoms with Crippen LogP contribution in [0.2, 0.25) is 0 Å². The van der Waals surface area contributed by atoms with Crippen LogP contribution >= 0.6 is 0 Å². The molecule has 1 rings (SSSR count). The second-order valence-electron chi connectivity index (χ2n) is 4.75. The lowest BCUT2D eigenvalue weighted by molar-refractivity contribution is -0.149.